The number of carbonyl (C=O) groups is 2. The fraction of sp³-hybridized carbons (Fsp3) is 0.240. The van der Waals surface area contributed by atoms with Crippen molar-refractivity contribution in [3.8, 4) is 5.75 Å². The minimum atomic E-state index is -0.415. The summed E-state index contributed by atoms with van der Waals surface area (Å²) in [5.41, 5.74) is 1.70. The molecule has 1 aromatic heterocycles. The number of hydrogen-bond acceptors (Lipinski definition) is 6. The van der Waals surface area contributed by atoms with Gasteiger partial charge in [-0.3, -0.25) is 4.79 Å². The van der Waals surface area contributed by atoms with E-state index in [4.69, 9.17) is 14.2 Å². The summed E-state index contributed by atoms with van der Waals surface area (Å²) in [6, 6.07) is 16.7. The van der Waals surface area contributed by atoms with Gasteiger partial charge < -0.3 is 18.8 Å². The number of nitrogens with zero attached hydrogens (tertiary/aromatic N) is 2. The number of hydrogen-bond donors (Lipinski definition) is 0. The van der Waals surface area contributed by atoms with E-state index in [0.29, 0.717) is 41.4 Å². The van der Waals surface area contributed by atoms with Gasteiger partial charge in [0.05, 0.1) is 42.2 Å². The van der Waals surface area contributed by atoms with Crippen LogP contribution >= 0.6 is 11.3 Å². The number of esters is 1. The van der Waals surface area contributed by atoms with Crippen LogP contribution in [0.15, 0.2) is 59.6 Å². The molecule has 8 heteroatoms. The molecular weight excluding hydrogens is 440 g/mol. The molecule has 33 heavy (non-hydrogen) atoms. The number of benzene rings is 3. The van der Waals surface area contributed by atoms with Gasteiger partial charge in [-0.05, 0) is 48.0 Å². The van der Waals surface area contributed by atoms with Crippen LogP contribution in [0.1, 0.15) is 27.6 Å². The zero-order chi connectivity index (χ0) is 23.4. The van der Waals surface area contributed by atoms with E-state index in [2.05, 4.69) is 4.99 Å². The summed E-state index contributed by atoms with van der Waals surface area (Å²) in [6.45, 7) is 3.52. The molecule has 0 unspecified atom stereocenters. The molecular formula is C25H24N2O5S. The summed E-state index contributed by atoms with van der Waals surface area (Å²) in [7, 11) is 2.89. The first-order valence-electron chi connectivity index (χ1n) is 10.5. The van der Waals surface area contributed by atoms with Gasteiger partial charge in [0, 0.05) is 13.2 Å². The van der Waals surface area contributed by atoms with Crippen LogP contribution in [-0.4, -0.2) is 43.9 Å². The molecule has 0 aliphatic rings. The highest BCUT2D eigenvalue weighted by atomic mass is 32.1. The maximum Gasteiger partial charge on any atom is 0.337 e. The Morgan fingerprint density at radius 3 is 2.48 bits per heavy atom. The second-order valence-electron chi connectivity index (χ2n) is 7.22. The number of methoxy groups -OCH3 is 2. The molecule has 0 atom stereocenters. The molecule has 1 heterocycles. The molecule has 0 bridgehead atoms. The Labute approximate surface area is 194 Å². The van der Waals surface area contributed by atoms with Gasteiger partial charge in [0.15, 0.2) is 4.80 Å². The Hall–Kier alpha value is -3.49. The maximum absolute atomic E-state index is 13.3. The van der Waals surface area contributed by atoms with Crippen molar-refractivity contribution in [1.82, 2.24) is 4.57 Å². The van der Waals surface area contributed by atoms with Crippen LogP contribution < -0.4 is 9.54 Å². The lowest BCUT2D eigenvalue weighted by molar-refractivity contribution is 0.0600. The maximum atomic E-state index is 13.3. The molecule has 0 spiro atoms. The SMILES string of the molecule is CCOCCn1c(=NC(=O)c2cc3ccccc3cc2OC)sc2cc(C(=O)OC)ccc21. The van der Waals surface area contributed by atoms with E-state index in [1.54, 1.807) is 18.2 Å². The molecule has 0 aliphatic carbocycles. The van der Waals surface area contributed by atoms with Crippen molar-refractivity contribution in [3.63, 3.8) is 0 Å². The van der Waals surface area contributed by atoms with Crippen molar-refractivity contribution < 1.29 is 23.8 Å². The van der Waals surface area contributed by atoms with Crippen LogP contribution in [0.4, 0.5) is 0 Å². The molecule has 0 radical (unpaired) electrons. The average molecular weight is 465 g/mol. The average Bonchev–Trinajstić information content (AvgIpc) is 3.18. The second-order valence-corrected chi connectivity index (χ2v) is 8.23. The lowest BCUT2D eigenvalue weighted by atomic mass is 10.1. The van der Waals surface area contributed by atoms with Crippen molar-refractivity contribution in [2.45, 2.75) is 13.5 Å². The van der Waals surface area contributed by atoms with Gasteiger partial charge in [0.1, 0.15) is 5.75 Å². The van der Waals surface area contributed by atoms with Gasteiger partial charge in [-0.1, -0.05) is 35.6 Å². The largest absolute Gasteiger partial charge is 0.496 e. The van der Waals surface area contributed by atoms with Crippen LogP contribution in [0.5, 0.6) is 5.75 Å². The number of thiazole rings is 1. The van der Waals surface area contributed by atoms with Crippen molar-refractivity contribution in [3.05, 3.63) is 70.5 Å². The summed E-state index contributed by atoms with van der Waals surface area (Å²) >= 11 is 1.34. The lowest BCUT2D eigenvalue weighted by Crippen LogP contribution is -2.20. The molecule has 1 amide bonds. The highest BCUT2D eigenvalue weighted by Crippen LogP contribution is 2.27. The first kappa shape index (κ1) is 22.7. The Morgan fingerprint density at radius 1 is 1.03 bits per heavy atom. The standard InChI is InChI=1S/C25H24N2O5S/c1-4-32-12-11-27-20-10-9-18(24(29)31-3)15-22(20)33-25(27)26-23(28)19-13-16-7-5-6-8-17(16)14-21(19)30-2/h5-10,13-15H,4,11-12H2,1-3H3. The molecule has 170 valence electrons. The minimum Gasteiger partial charge on any atom is -0.496 e. The minimum absolute atomic E-state index is 0.389. The van der Waals surface area contributed by atoms with Gasteiger partial charge in [0.25, 0.3) is 5.91 Å². The van der Waals surface area contributed by atoms with Gasteiger partial charge in [-0.15, -0.1) is 0 Å². The van der Waals surface area contributed by atoms with Gasteiger partial charge in [-0.25, -0.2) is 4.79 Å². The second kappa shape index (κ2) is 9.97. The first-order chi connectivity index (χ1) is 16.0. The van der Waals surface area contributed by atoms with Crippen molar-refractivity contribution in [2.75, 3.05) is 27.4 Å². The normalized spacial score (nSPS) is 11.8. The summed E-state index contributed by atoms with van der Waals surface area (Å²) in [5, 5.41) is 1.91. The van der Waals surface area contributed by atoms with Crippen LogP contribution in [-0.2, 0) is 16.0 Å². The van der Waals surface area contributed by atoms with Crippen molar-refractivity contribution >= 4 is 44.2 Å². The molecule has 7 nitrogen and oxygen atoms in total. The third kappa shape index (κ3) is 4.67. The van der Waals surface area contributed by atoms with Crippen LogP contribution in [0.2, 0.25) is 0 Å². The number of fused-ring (bicyclic) bond motifs is 2. The quantitative estimate of drug-likeness (QED) is 0.299. The van der Waals surface area contributed by atoms with Crippen LogP contribution in [0, 0.1) is 0 Å². The van der Waals surface area contributed by atoms with E-state index in [1.807, 2.05) is 47.9 Å². The smallest absolute Gasteiger partial charge is 0.337 e. The summed E-state index contributed by atoms with van der Waals surface area (Å²) in [4.78, 5) is 30.2. The van der Waals surface area contributed by atoms with Gasteiger partial charge in [-0.2, -0.15) is 4.99 Å². The third-order valence-electron chi connectivity index (χ3n) is 5.26. The van der Waals surface area contributed by atoms with Crippen LogP contribution in [0.3, 0.4) is 0 Å². The molecule has 4 aromatic rings. The number of aromatic nitrogens is 1. The first-order valence-corrected chi connectivity index (χ1v) is 11.3. The van der Waals surface area contributed by atoms with E-state index in [0.717, 1.165) is 21.0 Å². The highest BCUT2D eigenvalue weighted by molar-refractivity contribution is 7.16. The Bertz CT molecular complexity index is 1400. The van der Waals surface area contributed by atoms with E-state index in [-0.39, 0.29) is 0 Å². The third-order valence-corrected chi connectivity index (χ3v) is 6.30. The molecule has 0 aliphatic heterocycles. The fourth-order valence-electron chi connectivity index (χ4n) is 3.62. The number of carbonyl (C=O) groups excluding carboxylic acids is 2. The Kier molecular flexibility index (Phi) is 6.86. The van der Waals surface area contributed by atoms with Gasteiger partial charge in [0.2, 0.25) is 0 Å². The van der Waals surface area contributed by atoms with E-state index in [9.17, 15) is 9.59 Å². The predicted octanol–water partition coefficient (Wildman–Crippen LogP) is 4.43. The molecule has 0 fully saturated rings. The summed E-state index contributed by atoms with van der Waals surface area (Å²) in [6.07, 6.45) is 0. The molecule has 0 saturated heterocycles. The van der Waals surface area contributed by atoms with E-state index in [1.165, 1.54) is 25.6 Å². The van der Waals surface area contributed by atoms with E-state index < -0.39 is 11.9 Å². The fourth-order valence-corrected chi connectivity index (χ4v) is 4.72. The van der Waals surface area contributed by atoms with Crippen LogP contribution in [0.25, 0.3) is 21.0 Å². The predicted molar refractivity (Wildman–Crippen MR) is 128 cm³/mol. The monoisotopic (exact) mass is 464 g/mol. The summed E-state index contributed by atoms with van der Waals surface area (Å²) in [5.74, 6) is -0.346. The zero-order valence-electron chi connectivity index (χ0n) is 18.7. The Morgan fingerprint density at radius 2 is 1.79 bits per heavy atom. The van der Waals surface area contributed by atoms with Crippen molar-refractivity contribution in [2.24, 2.45) is 4.99 Å². The Balaban J connectivity index is 1.84. The van der Waals surface area contributed by atoms with Crippen molar-refractivity contribution in [1.29, 1.82) is 0 Å². The molecule has 4 rings (SSSR count). The highest BCUT2D eigenvalue weighted by Gasteiger charge is 2.16. The number of amides is 1. The summed E-state index contributed by atoms with van der Waals surface area (Å²) < 4.78 is 18.6. The van der Waals surface area contributed by atoms with Gasteiger partial charge >= 0.3 is 5.97 Å². The molecule has 0 saturated carbocycles. The van der Waals surface area contributed by atoms with E-state index >= 15 is 0 Å². The topological polar surface area (TPSA) is 79.1 Å². The zero-order valence-corrected chi connectivity index (χ0v) is 19.5. The lowest BCUT2D eigenvalue weighted by Gasteiger charge is -2.08. The molecule has 0 N–H and O–H groups in total. The number of rotatable bonds is 7. The molecule has 3 aromatic carbocycles. The number of ether oxygens (including phenoxy) is 3.